The fraction of sp³-hybridized carbons (Fsp3) is 0.333. The molecule has 0 saturated carbocycles. The minimum Gasteiger partial charge on any atom is -0.455 e. The van der Waals surface area contributed by atoms with E-state index in [4.69, 9.17) is 10.00 Å². The SMILES string of the molecule is Cc1cc(C)cc(N(CCC#N)C(=O)COC(=O)C[C@@H](C)NC(=O)c2ccccc2)c1. The van der Waals surface area contributed by atoms with Gasteiger partial charge in [0, 0.05) is 23.8 Å². The van der Waals surface area contributed by atoms with Crippen LogP contribution in [-0.2, 0) is 14.3 Å². The molecule has 0 aliphatic carbocycles. The monoisotopic (exact) mass is 421 g/mol. The van der Waals surface area contributed by atoms with Crippen LogP contribution in [-0.4, -0.2) is 37.0 Å². The molecular weight excluding hydrogens is 394 g/mol. The van der Waals surface area contributed by atoms with Crippen molar-refractivity contribution in [3.8, 4) is 6.07 Å². The van der Waals surface area contributed by atoms with Crippen molar-refractivity contribution in [2.75, 3.05) is 18.1 Å². The maximum Gasteiger partial charge on any atom is 0.308 e. The van der Waals surface area contributed by atoms with Crippen molar-refractivity contribution in [3.63, 3.8) is 0 Å². The van der Waals surface area contributed by atoms with Crippen molar-refractivity contribution in [2.24, 2.45) is 0 Å². The molecule has 1 atom stereocenters. The lowest BCUT2D eigenvalue weighted by molar-refractivity contribution is -0.148. The summed E-state index contributed by atoms with van der Waals surface area (Å²) < 4.78 is 5.14. The molecule has 2 rings (SSSR count). The standard InChI is InChI=1S/C24H27N3O4/c1-17-12-18(2)14-21(13-17)27(11-7-10-25)22(28)16-31-23(29)15-19(3)26-24(30)20-8-5-4-6-9-20/h4-6,8-9,12-14,19H,7,11,15-16H2,1-3H3,(H,26,30)/t19-/m1/s1. The van der Waals surface area contributed by atoms with Gasteiger partial charge in [-0.05, 0) is 56.2 Å². The van der Waals surface area contributed by atoms with Gasteiger partial charge >= 0.3 is 5.97 Å². The van der Waals surface area contributed by atoms with E-state index in [-0.39, 0.29) is 25.3 Å². The first-order chi connectivity index (χ1) is 14.8. The first-order valence-electron chi connectivity index (χ1n) is 10.1. The molecule has 0 aliphatic heterocycles. The van der Waals surface area contributed by atoms with E-state index in [2.05, 4.69) is 5.32 Å². The Kier molecular flexibility index (Phi) is 8.77. The number of amides is 2. The van der Waals surface area contributed by atoms with Crippen molar-refractivity contribution < 1.29 is 19.1 Å². The summed E-state index contributed by atoms with van der Waals surface area (Å²) in [6, 6.07) is 16.0. The predicted octanol–water partition coefficient (Wildman–Crippen LogP) is 3.30. The number of nitriles is 1. The number of esters is 1. The van der Waals surface area contributed by atoms with Crippen LogP contribution in [0.15, 0.2) is 48.5 Å². The molecule has 0 bridgehead atoms. The van der Waals surface area contributed by atoms with Crippen LogP contribution in [0.25, 0.3) is 0 Å². The van der Waals surface area contributed by atoms with Gasteiger partial charge in [-0.25, -0.2) is 0 Å². The molecule has 2 amide bonds. The van der Waals surface area contributed by atoms with Crippen molar-refractivity contribution in [1.29, 1.82) is 5.26 Å². The Hall–Kier alpha value is -3.66. The first-order valence-corrected chi connectivity index (χ1v) is 10.1. The number of anilines is 1. The van der Waals surface area contributed by atoms with Crippen LogP contribution in [0.4, 0.5) is 5.69 Å². The summed E-state index contributed by atoms with van der Waals surface area (Å²) in [6.45, 7) is 5.32. The third kappa shape index (κ3) is 7.59. The maximum atomic E-state index is 12.7. The average Bonchev–Trinajstić information content (AvgIpc) is 2.72. The topological polar surface area (TPSA) is 99.5 Å². The molecule has 0 fully saturated rings. The van der Waals surface area contributed by atoms with Gasteiger partial charge in [-0.2, -0.15) is 5.26 Å². The number of carbonyl (C=O) groups excluding carboxylic acids is 3. The molecule has 1 N–H and O–H groups in total. The van der Waals surface area contributed by atoms with Crippen LogP contribution >= 0.6 is 0 Å². The molecule has 0 aromatic heterocycles. The minimum absolute atomic E-state index is 0.0619. The lowest BCUT2D eigenvalue weighted by Crippen LogP contribution is -2.37. The van der Waals surface area contributed by atoms with Crippen molar-refractivity contribution in [1.82, 2.24) is 5.32 Å². The van der Waals surface area contributed by atoms with Gasteiger partial charge in [-0.15, -0.1) is 0 Å². The highest BCUT2D eigenvalue weighted by Gasteiger charge is 2.20. The zero-order chi connectivity index (χ0) is 22.8. The number of benzene rings is 2. The molecule has 0 unspecified atom stereocenters. The van der Waals surface area contributed by atoms with Gasteiger partial charge < -0.3 is 15.0 Å². The van der Waals surface area contributed by atoms with E-state index in [1.165, 1.54) is 4.90 Å². The summed E-state index contributed by atoms with van der Waals surface area (Å²) in [6.07, 6.45) is 0.100. The van der Waals surface area contributed by atoms with E-state index < -0.39 is 24.5 Å². The number of hydrogen-bond donors (Lipinski definition) is 1. The van der Waals surface area contributed by atoms with Gasteiger partial charge in [-0.3, -0.25) is 14.4 Å². The van der Waals surface area contributed by atoms with E-state index in [1.807, 2.05) is 44.2 Å². The van der Waals surface area contributed by atoms with Crippen LogP contribution in [0.3, 0.4) is 0 Å². The zero-order valence-electron chi connectivity index (χ0n) is 18.1. The third-order valence-electron chi connectivity index (χ3n) is 4.51. The molecule has 0 spiro atoms. The molecular formula is C24H27N3O4. The lowest BCUT2D eigenvalue weighted by Gasteiger charge is -2.23. The summed E-state index contributed by atoms with van der Waals surface area (Å²) in [4.78, 5) is 38.5. The fourth-order valence-corrected chi connectivity index (χ4v) is 3.14. The summed E-state index contributed by atoms with van der Waals surface area (Å²) in [5.74, 6) is -1.28. The van der Waals surface area contributed by atoms with Crippen LogP contribution < -0.4 is 10.2 Å². The molecule has 162 valence electrons. The molecule has 0 radical (unpaired) electrons. The Morgan fingerprint density at radius 1 is 1.10 bits per heavy atom. The average molecular weight is 421 g/mol. The summed E-state index contributed by atoms with van der Waals surface area (Å²) >= 11 is 0. The molecule has 7 heteroatoms. The van der Waals surface area contributed by atoms with Crippen molar-refractivity contribution in [3.05, 3.63) is 65.2 Å². The van der Waals surface area contributed by atoms with E-state index >= 15 is 0 Å². The number of rotatable bonds is 9. The van der Waals surface area contributed by atoms with E-state index in [0.29, 0.717) is 11.3 Å². The Balaban J connectivity index is 1.91. The minimum atomic E-state index is -0.588. The molecule has 0 saturated heterocycles. The summed E-state index contributed by atoms with van der Waals surface area (Å²) in [5.41, 5.74) is 3.14. The molecule has 0 aliphatic rings. The van der Waals surface area contributed by atoms with E-state index in [9.17, 15) is 14.4 Å². The van der Waals surface area contributed by atoms with E-state index in [1.54, 1.807) is 31.2 Å². The number of nitrogens with zero attached hydrogens (tertiary/aromatic N) is 2. The van der Waals surface area contributed by atoms with Gasteiger partial charge in [0.2, 0.25) is 0 Å². The maximum absolute atomic E-state index is 12.7. The van der Waals surface area contributed by atoms with Gasteiger partial charge in [0.1, 0.15) is 0 Å². The highest BCUT2D eigenvalue weighted by Crippen LogP contribution is 2.19. The molecule has 7 nitrogen and oxygen atoms in total. The van der Waals surface area contributed by atoms with Gasteiger partial charge in [0.25, 0.3) is 11.8 Å². The Morgan fingerprint density at radius 2 is 1.74 bits per heavy atom. The van der Waals surface area contributed by atoms with E-state index in [0.717, 1.165) is 11.1 Å². The van der Waals surface area contributed by atoms with Crippen LogP contribution in [0.1, 0.15) is 41.3 Å². The Bertz CT molecular complexity index is 946. The van der Waals surface area contributed by atoms with Crippen LogP contribution in [0.2, 0.25) is 0 Å². The smallest absolute Gasteiger partial charge is 0.308 e. The number of nitrogens with one attached hydrogen (secondary N) is 1. The summed E-state index contributed by atoms with van der Waals surface area (Å²) in [7, 11) is 0. The molecule has 0 heterocycles. The molecule has 2 aromatic rings. The van der Waals surface area contributed by atoms with Gasteiger partial charge in [-0.1, -0.05) is 24.3 Å². The highest BCUT2D eigenvalue weighted by molar-refractivity contribution is 5.96. The Morgan fingerprint density at radius 3 is 2.35 bits per heavy atom. The quantitative estimate of drug-likeness (QED) is 0.626. The number of ether oxygens (including phenoxy) is 1. The third-order valence-corrected chi connectivity index (χ3v) is 4.51. The van der Waals surface area contributed by atoms with Gasteiger partial charge in [0.15, 0.2) is 6.61 Å². The highest BCUT2D eigenvalue weighted by atomic mass is 16.5. The largest absolute Gasteiger partial charge is 0.455 e. The number of hydrogen-bond acceptors (Lipinski definition) is 5. The van der Waals surface area contributed by atoms with Crippen molar-refractivity contribution >= 4 is 23.5 Å². The van der Waals surface area contributed by atoms with Crippen LogP contribution in [0, 0.1) is 25.2 Å². The normalized spacial score (nSPS) is 11.2. The predicted molar refractivity (Wildman–Crippen MR) is 117 cm³/mol. The zero-order valence-corrected chi connectivity index (χ0v) is 18.1. The lowest BCUT2D eigenvalue weighted by atomic mass is 10.1. The second-order valence-electron chi connectivity index (χ2n) is 7.40. The number of aryl methyl sites for hydroxylation is 2. The fourth-order valence-electron chi connectivity index (χ4n) is 3.14. The second-order valence-corrected chi connectivity index (χ2v) is 7.40. The second kappa shape index (κ2) is 11.5. The Labute approximate surface area is 182 Å². The van der Waals surface area contributed by atoms with Crippen LogP contribution in [0.5, 0.6) is 0 Å². The first kappa shape index (κ1) is 23.6. The molecule has 31 heavy (non-hydrogen) atoms. The summed E-state index contributed by atoms with van der Waals surface area (Å²) in [5, 5.41) is 11.6. The van der Waals surface area contributed by atoms with Gasteiger partial charge in [0.05, 0.1) is 18.9 Å². The molecule has 2 aromatic carbocycles. The van der Waals surface area contributed by atoms with Crippen molar-refractivity contribution in [2.45, 2.75) is 39.7 Å². The number of carbonyl (C=O) groups is 3.